The molecule has 0 bridgehead atoms. The van der Waals surface area contributed by atoms with Crippen LogP contribution in [0.15, 0.2) is 0 Å². The van der Waals surface area contributed by atoms with Crippen molar-refractivity contribution in [2.24, 2.45) is 0 Å². The molecular weight excluding hydrogens is 126 g/mol. The summed E-state index contributed by atoms with van der Waals surface area (Å²) in [5.41, 5.74) is 0. The van der Waals surface area contributed by atoms with Gasteiger partial charge in [-0.2, -0.15) is 0 Å². The third-order valence-corrected chi connectivity index (χ3v) is 2.44. The van der Waals surface area contributed by atoms with Gasteiger partial charge in [0.25, 0.3) is 0 Å². The fourth-order valence-corrected chi connectivity index (χ4v) is 1.69. The van der Waals surface area contributed by atoms with Crippen molar-refractivity contribution in [3.8, 4) is 0 Å². The lowest BCUT2D eigenvalue weighted by Crippen LogP contribution is -2.35. The third-order valence-electron chi connectivity index (χ3n) is 2.44. The predicted octanol–water partition coefficient (Wildman–Crippen LogP) is 0.851. The van der Waals surface area contributed by atoms with E-state index in [1.807, 2.05) is 6.92 Å². The van der Waals surface area contributed by atoms with E-state index in [1.165, 1.54) is 12.8 Å². The molecule has 0 aromatic heterocycles. The highest BCUT2D eigenvalue weighted by Gasteiger charge is 2.26. The van der Waals surface area contributed by atoms with Gasteiger partial charge >= 0.3 is 0 Å². The maximum absolute atomic E-state index is 9.49. The second-order valence-corrected chi connectivity index (χ2v) is 3.17. The molecule has 1 heterocycles. The lowest BCUT2D eigenvalue weighted by Gasteiger charge is -2.23. The van der Waals surface area contributed by atoms with Crippen molar-refractivity contribution in [1.29, 1.82) is 0 Å². The van der Waals surface area contributed by atoms with Gasteiger partial charge in [0.1, 0.15) is 0 Å². The minimum absolute atomic E-state index is 0.104. The highest BCUT2D eigenvalue weighted by atomic mass is 16.3. The maximum atomic E-state index is 9.49. The summed E-state index contributed by atoms with van der Waals surface area (Å²) in [7, 11) is 2.09. The molecule has 1 aliphatic rings. The molecule has 0 spiro atoms. The predicted molar refractivity (Wildman–Crippen MR) is 41.9 cm³/mol. The first-order chi connectivity index (χ1) is 4.75. The van der Waals surface area contributed by atoms with Crippen molar-refractivity contribution in [2.45, 2.75) is 38.3 Å². The number of likely N-dealkylation sites (tertiary alicyclic amines) is 1. The summed E-state index contributed by atoms with van der Waals surface area (Å²) in [6.07, 6.45) is 3.20. The van der Waals surface area contributed by atoms with Gasteiger partial charge in [0.05, 0.1) is 6.10 Å². The molecule has 2 nitrogen and oxygen atoms in total. The van der Waals surface area contributed by atoms with Crippen LogP contribution in [0.5, 0.6) is 0 Å². The summed E-state index contributed by atoms with van der Waals surface area (Å²) in [6.45, 7) is 3.19. The zero-order valence-electron chi connectivity index (χ0n) is 6.88. The molecule has 1 rings (SSSR count). The molecule has 60 valence electrons. The summed E-state index contributed by atoms with van der Waals surface area (Å²) in [5, 5.41) is 9.49. The van der Waals surface area contributed by atoms with Gasteiger partial charge in [-0.25, -0.2) is 0 Å². The van der Waals surface area contributed by atoms with Crippen molar-refractivity contribution in [1.82, 2.24) is 4.90 Å². The molecule has 0 amide bonds. The van der Waals surface area contributed by atoms with Crippen molar-refractivity contribution < 1.29 is 5.11 Å². The molecule has 0 aromatic rings. The normalized spacial score (nSPS) is 30.9. The first-order valence-corrected chi connectivity index (χ1v) is 4.14. The van der Waals surface area contributed by atoms with E-state index >= 15 is 0 Å². The lowest BCUT2D eigenvalue weighted by atomic mass is 10.1. The monoisotopic (exact) mass is 143 g/mol. The van der Waals surface area contributed by atoms with Crippen molar-refractivity contribution in [3.63, 3.8) is 0 Å². The van der Waals surface area contributed by atoms with Crippen LogP contribution in [-0.4, -0.2) is 35.7 Å². The summed E-state index contributed by atoms with van der Waals surface area (Å²) >= 11 is 0. The Morgan fingerprint density at radius 2 is 2.40 bits per heavy atom. The number of hydrogen-bond acceptors (Lipinski definition) is 2. The van der Waals surface area contributed by atoms with Crippen LogP contribution in [0.3, 0.4) is 0 Å². The SMILES string of the molecule is CC[C@@H](O)[C@@H]1CCCN1C. The van der Waals surface area contributed by atoms with Crippen LogP contribution in [0.25, 0.3) is 0 Å². The van der Waals surface area contributed by atoms with Gasteiger partial charge in [0.15, 0.2) is 0 Å². The summed E-state index contributed by atoms with van der Waals surface area (Å²) in [6, 6.07) is 0.435. The Balaban J connectivity index is 2.38. The van der Waals surface area contributed by atoms with E-state index in [-0.39, 0.29) is 6.10 Å². The smallest absolute Gasteiger partial charge is 0.0692 e. The van der Waals surface area contributed by atoms with Crippen LogP contribution in [0.1, 0.15) is 26.2 Å². The van der Waals surface area contributed by atoms with Crippen LogP contribution in [-0.2, 0) is 0 Å². The highest BCUT2D eigenvalue weighted by Crippen LogP contribution is 2.19. The van der Waals surface area contributed by atoms with Crippen molar-refractivity contribution >= 4 is 0 Å². The molecule has 0 aliphatic carbocycles. The van der Waals surface area contributed by atoms with Gasteiger partial charge in [0.2, 0.25) is 0 Å². The Morgan fingerprint density at radius 1 is 1.70 bits per heavy atom. The quantitative estimate of drug-likeness (QED) is 0.619. The van der Waals surface area contributed by atoms with Gasteiger partial charge < -0.3 is 10.0 Å². The second kappa shape index (κ2) is 3.35. The second-order valence-electron chi connectivity index (χ2n) is 3.17. The molecule has 0 radical (unpaired) electrons. The number of nitrogens with zero attached hydrogens (tertiary/aromatic N) is 1. The maximum Gasteiger partial charge on any atom is 0.0692 e. The number of hydrogen-bond donors (Lipinski definition) is 1. The van der Waals surface area contributed by atoms with E-state index in [0.29, 0.717) is 6.04 Å². The fraction of sp³-hybridized carbons (Fsp3) is 1.00. The molecule has 10 heavy (non-hydrogen) atoms. The van der Waals surface area contributed by atoms with Crippen LogP contribution in [0.2, 0.25) is 0 Å². The topological polar surface area (TPSA) is 23.5 Å². The third kappa shape index (κ3) is 1.50. The van der Waals surface area contributed by atoms with Crippen molar-refractivity contribution in [3.05, 3.63) is 0 Å². The molecule has 0 unspecified atom stereocenters. The first-order valence-electron chi connectivity index (χ1n) is 4.14. The minimum Gasteiger partial charge on any atom is -0.392 e. The Kier molecular flexibility index (Phi) is 2.69. The van der Waals surface area contributed by atoms with Gasteiger partial charge in [-0.15, -0.1) is 0 Å². The molecule has 0 saturated carbocycles. The van der Waals surface area contributed by atoms with Gasteiger partial charge in [-0.3, -0.25) is 0 Å². The van der Waals surface area contributed by atoms with Crippen LogP contribution < -0.4 is 0 Å². The molecule has 1 N–H and O–H groups in total. The summed E-state index contributed by atoms with van der Waals surface area (Å²) in [5.74, 6) is 0. The molecule has 2 heteroatoms. The molecule has 1 fully saturated rings. The zero-order valence-corrected chi connectivity index (χ0v) is 6.88. The molecule has 1 aliphatic heterocycles. The van der Waals surface area contributed by atoms with Crippen molar-refractivity contribution in [2.75, 3.05) is 13.6 Å². The molecule has 0 aromatic carbocycles. The fourth-order valence-electron chi connectivity index (χ4n) is 1.69. The van der Waals surface area contributed by atoms with E-state index < -0.39 is 0 Å². The summed E-state index contributed by atoms with van der Waals surface area (Å²) in [4.78, 5) is 2.26. The van der Waals surface area contributed by atoms with Gasteiger partial charge in [-0.05, 0) is 32.9 Å². The van der Waals surface area contributed by atoms with E-state index in [4.69, 9.17) is 0 Å². The van der Waals surface area contributed by atoms with Gasteiger partial charge in [-0.1, -0.05) is 6.92 Å². The molecule has 1 saturated heterocycles. The zero-order chi connectivity index (χ0) is 7.56. The number of aliphatic hydroxyl groups is 1. The Labute approximate surface area is 62.8 Å². The standard InChI is InChI=1S/C8H17NO/c1-3-8(10)7-5-4-6-9(7)2/h7-8,10H,3-6H2,1-2H3/t7-,8+/m0/s1. The minimum atomic E-state index is -0.104. The number of rotatable bonds is 2. The van der Waals surface area contributed by atoms with E-state index in [0.717, 1.165) is 13.0 Å². The van der Waals surface area contributed by atoms with E-state index in [2.05, 4.69) is 11.9 Å². The van der Waals surface area contributed by atoms with E-state index in [1.54, 1.807) is 0 Å². The number of aliphatic hydroxyl groups excluding tert-OH is 1. The Hall–Kier alpha value is -0.0800. The van der Waals surface area contributed by atoms with Crippen LogP contribution >= 0.6 is 0 Å². The Morgan fingerprint density at radius 3 is 2.80 bits per heavy atom. The Bertz CT molecular complexity index is 105. The molecular formula is C8H17NO. The van der Waals surface area contributed by atoms with E-state index in [9.17, 15) is 5.11 Å². The molecule has 2 atom stereocenters. The highest BCUT2D eigenvalue weighted by molar-refractivity contribution is 4.81. The lowest BCUT2D eigenvalue weighted by molar-refractivity contribution is 0.0826. The largest absolute Gasteiger partial charge is 0.392 e. The first kappa shape index (κ1) is 8.02. The van der Waals surface area contributed by atoms with Crippen LogP contribution in [0.4, 0.5) is 0 Å². The van der Waals surface area contributed by atoms with Gasteiger partial charge in [0, 0.05) is 6.04 Å². The average Bonchev–Trinajstić information content (AvgIpc) is 2.34. The number of likely N-dealkylation sites (N-methyl/N-ethyl adjacent to an activating group) is 1. The summed E-state index contributed by atoms with van der Waals surface area (Å²) < 4.78 is 0. The van der Waals surface area contributed by atoms with Crippen LogP contribution in [0, 0.1) is 0 Å². The average molecular weight is 143 g/mol.